The lowest BCUT2D eigenvalue weighted by atomic mass is 10.1. The third-order valence-corrected chi connectivity index (χ3v) is 3.63. The first-order valence-corrected chi connectivity index (χ1v) is 7.60. The van der Waals surface area contributed by atoms with Gasteiger partial charge in [-0.05, 0) is 37.5 Å². The molecule has 0 aromatic heterocycles. The Morgan fingerprint density at radius 1 is 1.41 bits per heavy atom. The van der Waals surface area contributed by atoms with E-state index in [1.807, 2.05) is 24.3 Å². The number of halogens is 1. The second-order valence-electron chi connectivity index (χ2n) is 5.18. The van der Waals surface area contributed by atoms with E-state index in [0.29, 0.717) is 6.54 Å². The van der Waals surface area contributed by atoms with Gasteiger partial charge < -0.3 is 20.1 Å². The highest BCUT2D eigenvalue weighted by Crippen LogP contribution is 2.19. The molecule has 0 saturated carbocycles. The van der Waals surface area contributed by atoms with Gasteiger partial charge in [0, 0.05) is 19.6 Å². The molecule has 0 aliphatic carbocycles. The van der Waals surface area contributed by atoms with Crippen LogP contribution in [0.5, 0.6) is 5.75 Å². The molecular formula is C16H26IN3O2. The van der Waals surface area contributed by atoms with Crippen molar-refractivity contribution in [3.8, 4) is 5.75 Å². The summed E-state index contributed by atoms with van der Waals surface area (Å²) >= 11 is 0. The topological polar surface area (TPSA) is 57.1 Å². The molecule has 2 rings (SSSR count). The van der Waals surface area contributed by atoms with E-state index in [-0.39, 0.29) is 24.0 Å². The zero-order valence-corrected chi connectivity index (χ0v) is 15.6. The number of guanidine groups is 1. The molecule has 1 aliphatic heterocycles. The van der Waals surface area contributed by atoms with Crippen LogP contribution < -0.4 is 10.1 Å². The number of benzene rings is 1. The van der Waals surface area contributed by atoms with Crippen LogP contribution in [0.1, 0.15) is 31.4 Å². The van der Waals surface area contributed by atoms with E-state index < -0.39 is 6.10 Å². The molecule has 124 valence electrons. The Morgan fingerprint density at radius 3 is 2.77 bits per heavy atom. The molecule has 1 atom stereocenters. The first-order valence-electron chi connectivity index (χ1n) is 7.60. The van der Waals surface area contributed by atoms with Gasteiger partial charge in [0.05, 0.1) is 19.8 Å². The summed E-state index contributed by atoms with van der Waals surface area (Å²) < 4.78 is 5.18. The van der Waals surface area contributed by atoms with Gasteiger partial charge in [0.25, 0.3) is 0 Å². The van der Waals surface area contributed by atoms with Crippen LogP contribution >= 0.6 is 24.0 Å². The van der Waals surface area contributed by atoms with Crippen LogP contribution in [-0.2, 0) is 0 Å². The van der Waals surface area contributed by atoms with Crippen molar-refractivity contribution < 1.29 is 9.84 Å². The van der Waals surface area contributed by atoms with Gasteiger partial charge in [-0.1, -0.05) is 12.1 Å². The van der Waals surface area contributed by atoms with Crippen molar-refractivity contribution in [2.24, 2.45) is 4.99 Å². The molecule has 6 heteroatoms. The van der Waals surface area contributed by atoms with Crippen molar-refractivity contribution in [2.45, 2.75) is 25.9 Å². The Balaban J connectivity index is 0.00000242. The highest BCUT2D eigenvalue weighted by atomic mass is 127. The van der Waals surface area contributed by atoms with Crippen LogP contribution in [0.25, 0.3) is 0 Å². The van der Waals surface area contributed by atoms with Crippen LogP contribution in [0.2, 0.25) is 0 Å². The Bertz CT molecular complexity index is 476. The molecule has 2 N–H and O–H groups in total. The summed E-state index contributed by atoms with van der Waals surface area (Å²) in [7, 11) is 1.63. The summed E-state index contributed by atoms with van der Waals surface area (Å²) in [5.74, 6) is 1.65. The van der Waals surface area contributed by atoms with Crippen molar-refractivity contribution >= 4 is 29.9 Å². The van der Waals surface area contributed by atoms with Gasteiger partial charge in [0.1, 0.15) is 5.75 Å². The number of nitrogens with one attached hydrogen (secondary N) is 1. The quantitative estimate of drug-likeness (QED) is 0.437. The third kappa shape index (κ3) is 5.31. The van der Waals surface area contributed by atoms with Gasteiger partial charge in [0.2, 0.25) is 0 Å². The minimum Gasteiger partial charge on any atom is -0.497 e. The predicted octanol–water partition coefficient (Wildman–Crippen LogP) is 2.41. The van der Waals surface area contributed by atoms with Gasteiger partial charge in [-0.3, -0.25) is 4.99 Å². The maximum absolute atomic E-state index is 10.3. The number of aliphatic hydroxyl groups excluding tert-OH is 1. The molecule has 5 nitrogen and oxygen atoms in total. The van der Waals surface area contributed by atoms with Gasteiger partial charge in [-0.25, -0.2) is 0 Å². The zero-order valence-electron chi connectivity index (χ0n) is 13.3. The highest BCUT2D eigenvalue weighted by molar-refractivity contribution is 14.0. The third-order valence-electron chi connectivity index (χ3n) is 3.63. The Labute approximate surface area is 149 Å². The number of aliphatic hydroxyl groups is 1. The average Bonchev–Trinajstić information content (AvgIpc) is 3.05. The fourth-order valence-electron chi connectivity index (χ4n) is 2.48. The lowest BCUT2D eigenvalue weighted by Gasteiger charge is -2.21. The molecule has 0 radical (unpaired) electrons. The lowest BCUT2D eigenvalue weighted by molar-refractivity contribution is 0.186. The van der Waals surface area contributed by atoms with Crippen molar-refractivity contribution in [3.63, 3.8) is 0 Å². The number of ether oxygens (including phenoxy) is 1. The van der Waals surface area contributed by atoms with Crippen LogP contribution in [0.4, 0.5) is 0 Å². The first kappa shape index (κ1) is 19.0. The SMILES string of the molecule is CCNC(=NCC(O)c1cccc(OC)c1)N1CCCC1.I. The predicted molar refractivity (Wildman–Crippen MR) is 100 cm³/mol. The van der Waals surface area contributed by atoms with Crippen molar-refractivity contribution in [1.29, 1.82) is 0 Å². The number of nitrogens with zero attached hydrogens (tertiary/aromatic N) is 2. The second kappa shape index (κ2) is 9.89. The summed E-state index contributed by atoms with van der Waals surface area (Å²) in [5.41, 5.74) is 0.829. The molecule has 0 bridgehead atoms. The van der Waals surface area contributed by atoms with Gasteiger partial charge in [0.15, 0.2) is 5.96 Å². The number of hydrogen-bond donors (Lipinski definition) is 2. The van der Waals surface area contributed by atoms with Crippen LogP contribution in [0, 0.1) is 0 Å². The number of hydrogen-bond acceptors (Lipinski definition) is 3. The van der Waals surface area contributed by atoms with Gasteiger partial charge >= 0.3 is 0 Å². The maximum Gasteiger partial charge on any atom is 0.194 e. The maximum atomic E-state index is 10.3. The molecule has 22 heavy (non-hydrogen) atoms. The number of rotatable bonds is 5. The van der Waals surface area contributed by atoms with E-state index >= 15 is 0 Å². The van der Waals surface area contributed by atoms with E-state index in [0.717, 1.165) is 36.9 Å². The lowest BCUT2D eigenvalue weighted by Crippen LogP contribution is -2.39. The van der Waals surface area contributed by atoms with E-state index in [2.05, 4.69) is 22.1 Å². The zero-order chi connectivity index (χ0) is 15.1. The Morgan fingerprint density at radius 2 is 2.14 bits per heavy atom. The summed E-state index contributed by atoms with van der Waals surface area (Å²) in [5, 5.41) is 13.6. The molecule has 1 aliphatic rings. The second-order valence-corrected chi connectivity index (χ2v) is 5.18. The molecule has 1 heterocycles. The van der Waals surface area contributed by atoms with Crippen LogP contribution in [0.15, 0.2) is 29.3 Å². The minimum atomic E-state index is -0.614. The minimum absolute atomic E-state index is 0. The summed E-state index contributed by atoms with van der Waals surface area (Å²) in [6.45, 7) is 5.34. The molecule has 1 aromatic carbocycles. The molecule has 1 unspecified atom stereocenters. The summed E-state index contributed by atoms with van der Waals surface area (Å²) in [6.07, 6.45) is 1.81. The molecule has 0 spiro atoms. The van der Waals surface area contributed by atoms with E-state index in [9.17, 15) is 5.11 Å². The fourth-order valence-corrected chi connectivity index (χ4v) is 2.48. The normalized spacial score (nSPS) is 16.1. The Hall–Kier alpha value is -1.02. The highest BCUT2D eigenvalue weighted by Gasteiger charge is 2.16. The first-order chi connectivity index (χ1) is 10.2. The van der Waals surface area contributed by atoms with Gasteiger partial charge in [-0.2, -0.15) is 0 Å². The monoisotopic (exact) mass is 419 g/mol. The van der Waals surface area contributed by atoms with Crippen molar-refractivity contribution in [2.75, 3.05) is 33.3 Å². The molecule has 1 aromatic rings. The number of aliphatic imine (C=N–C) groups is 1. The molecule has 1 saturated heterocycles. The fraction of sp³-hybridized carbons (Fsp3) is 0.562. The van der Waals surface area contributed by atoms with E-state index in [1.165, 1.54) is 12.8 Å². The van der Waals surface area contributed by atoms with Crippen molar-refractivity contribution in [1.82, 2.24) is 10.2 Å². The standard InChI is InChI=1S/C16H25N3O2.HI/c1-3-17-16(19-9-4-5-10-19)18-12-15(20)13-7-6-8-14(11-13)21-2;/h6-8,11,15,20H,3-5,9-10,12H2,1-2H3,(H,17,18);1H. The van der Waals surface area contributed by atoms with E-state index in [4.69, 9.17) is 4.74 Å². The smallest absolute Gasteiger partial charge is 0.194 e. The number of methoxy groups -OCH3 is 1. The molecule has 1 fully saturated rings. The Kier molecular flexibility index (Phi) is 8.55. The number of likely N-dealkylation sites (tertiary alicyclic amines) is 1. The van der Waals surface area contributed by atoms with Crippen LogP contribution in [0.3, 0.4) is 0 Å². The van der Waals surface area contributed by atoms with E-state index in [1.54, 1.807) is 7.11 Å². The largest absolute Gasteiger partial charge is 0.497 e. The summed E-state index contributed by atoms with van der Waals surface area (Å²) in [4.78, 5) is 6.82. The van der Waals surface area contributed by atoms with Gasteiger partial charge in [-0.15, -0.1) is 24.0 Å². The van der Waals surface area contributed by atoms with Crippen molar-refractivity contribution in [3.05, 3.63) is 29.8 Å². The van der Waals surface area contributed by atoms with Crippen LogP contribution in [-0.4, -0.2) is 49.3 Å². The molecule has 0 amide bonds. The average molecular weight is 419 g/mol. The molecular weight excluding hydrogens is 393 g/mol. The summed E-state index contributed by atoms with van der Waals surface area (Å²) in [6, 6.07) is 7.50.